The van der Waals surface area contributed by atoms with Crippen LogP contribution in [0.4, 0.5) is 24.8 Å². The zero-order valence-electron chi connectivity index (χ0n) is 25.1. The monoisotopic (exact) mass is 657 g/mol. The van der Waals surface area contributed by atoms with Gasteiger partial charge >= 0.3 is 11.4 Å². The number of allylic oxidation sites excluding steroid dienone is 2. The molecule has 0 aliphatic heterocycles. The Morgan fingerprint density at radius 2 is 1.79 bits per heavy atom. The Hall–Kier alpha value is -5.49. The number of aryl methyl sites for hydroxylation is 2. The van der Waals surface area contributed by atoms with Crippen molar-refractivity contribution in [2.24, 2.45) is 7.05 Å². The maximum Gasteiger partial charge on any atom is 0.359 e. The summed E-state index contributed by atoms with van der Waals surface area (Å²) in [6.07, 6.45) is 9.61. The molecule has 0 radical (unpaired) electrons. The number of hydrogen-bond donors (Lipinski definition) is 1. The lowest BCUT2D eigenvalue weighted by atomic mass is 10.0. The first-order valence-electron chi connectivity index (χ1n) is 14.5. The average molecular weight is 658 g/mol. The zero-order valence-corrected chi connectivity index (χ0v) is 25.9. The molecular formula is C34H27ClF3N7O2. The van der Waals surface area contributed by atoms with Crippen LogP contribution in [0.1, 0.15) is 23.1 Å². The van der Waals surface area contributed by atoms with E-state index in [1.807, 2.05) is 12.1 Å². The highest BCUT2D eigenvalue weighted by Crippen LogP contribution is 2.36. The first kappa shape index (κ1) is 31.5. The maximum absolute atomic E-state index is 15.0. The summed E-state index contributed by atoms with van der Waals surface area (Å²) < 4.78 is 46.6. The lowest BCUT2D eigenvalue weighted by Crippen LogP contribution is -2.42. The van der Waals surface area contributed by atoms with Gasteiger partial charge in [-0.15, -0.1) is 13.2 Å². The van der Waals surface area contributed by atoms with E-state index >= 15 is 4.39 Å². The number of anilines is 2. The third kappa shape index (κ3) is 5.83. The van der Waals surface area contributed by atoms with Crippen LogP contribution < -0.4 is 16.7 Å². The molecule has 0 atom stereocenters. The van der Waals surface area contributed by atoms with Crippen LogP contribution in [0.15, 0.2) is 89.9 Å². The Bertz CT molecular complexity index is 2340. The van der Waals surface area contributed by atoms with Gasteiger partial charge in [0.1, 0.15) is 5.82 Å². The van der Waals surface area contributed by atoms with Crippen LogP contribution >= 0.6 is 11.6 Å². The minimum atomic E-state index is -1.39. The second-order valence-electron chi connectivity index (χ2n) is 10.8. The van der Waals surface area contributed by atoms with Gasteiger partial charge in [-0.3, -0.25) is 14.2 Å². The lowest BCUT2D eigenvalue weighted by Gasteiger charge is -2.19. The number of aromatic nitrogens is 6. The molecule has 9 nitrogen and oxygen atoms in total. The molecule has 0 unspecified atom stereocenters. The topological polar surface area (TPSA) is 99.6 Å². The molecular weight excluding hydrogens is 631 g/mol. The highest BCUT2D eigenvalue weighted by atomic mass is 35.5. The fourth-order valence-corrected chi connectivity index (χ4v) is 5.91. The van der Waals surface area contributed by atoms with Crippen molar-refractivity contribution in [1.82, 2.24) is 28.9 Å². The van der Waals surface area contributed by atoms with E-state index in [0.29, 0.717) is 58.9 Å². The predicted octanol–water partition coefficient (Wildman–Crippen LogP) is 6.54. The van der Waals surface area contributed by atoms with Crippen molar-refractivity contribution in [2.45, 2.75) is 25.8 Å². The van der Waals surface area contributed by atoms with Crippen molar-refractivity contribution < 1.29 is 13.2 Å². The molecule has 0 aliphatic rings. The molecule has 0 spiro atoms. The van der Waals surface area contributed by atoms with Gasteiger partial charge in [0.05, 0.1) is 34.7 Å². The van der Waals surface area contributed by atoms with E-state index < -0.39 is 35.4 Å². The molecule has 6 aromatic rings. The summed E-state index contributed by atoms with van der Waals surface area (Å²) in [5, 5.41) is 9.66. The third-order valence-electron chi connectivity index (χ3n) is 7.76. The highest BCUT2D eigenvalue weighted by Gasteiger charge is 2.23. The standard InChI is InChI=1S/C34H27ClF3N7O2/c1-4-6-11-22-23-18-43(3)42-28(23)13-24(35)31(22)40-32-41-33(46)45(29-16-39-15-20-10-7-9-19(8-5-2)30(20)29)34(47)44(32)17-21-12-26(37)27(38)14-25(21)36/h4-5,7,9-10,12-16,18H,1-2,6,8,11,17H2,3H3,(H,40,41,46). The van der Waals surface area contributed by atoms with Crippen LogP contribution in [0.5, 0.6) is 0 Å². The van der Waals surface area contributed by atoms with Crippen LogP contribution in [0.3, 0.4) is 0 Å². The van der Waals surface area contributed by atoms with Gasteiger partial charge in [-0.1, -0.05) is 42.0 Å². The minimum Gasteiger partial charge on any atom is -0.324 e. The predicted molar refractivity (Wildman–Crippen MR) is 176 cm³/mol. The smallest absolute Gasteiger partial charge is 0.324 e. The second kappa shape index (κ2) is 12.7. The summed E-state index contributed by atoms with van der Waals surface area (Å²) in [6.45, 7) is 6.98. The summed E-state index contributed by atoms with van der Waals surface area (Å²) in [4.78, 5) is 36.6. The molecule has 0 saturated heterocycles. The Labute approximate surface area is 270 Å². The summed E-state index contributed by atoms with van der Waals surface area (Å²) in [5.41, 5.74) is 0.295. The number of hydrogen-bond acceptors (Lipinski definition) is 6. The van der Waals surface area contributed by atoms with Gasteiger partial charge in [0.2, 0.25) is 5.95 Å². The molecule has 3 aromatic carbocycles. The van der Waals surface area contributed by atoms with Crippen molar-refractivity contribution in [1.29, 1.82) is 0 Å². The van der Waals surface area contributed by atoms with Gasteiger partial charge in [0.25, 0.3) is 0 Å². The third-order valence-corrected chi connectivity index (χ3v) is 8.06. The number of halogens is 4. The van der Waals surface area contributed by atoms with E-state index in [0.717, 1.165) is 20.1 Å². The molecule has 13 heteroatoms. The number of pyridine rings is 1. The number of rotatable bonds is 10. The van der Waals surface area contributed by atoms with Crippen molar-refractivity contribution in [3.05, 3.63) is 140 Å². The molecule has 3 heterocycles. The van der Waals surface area contributed by atoms with E-state index in [1.54, 1.807) is 48.4 Å². The number of fused-ring (bicyclic) bond motifs is 2. The number of nitrogens with zero attached hydrogens (tertiary/aromatic N) is 6. The SMILES string of the molecule is C=CCCc1c(Nc2nc(=O)n(-c3cncc4cccc(CC=C)c34)c(=O)n2Cc2cc(F)c(F)cc2F)c(Cl)cc2nn(C)cc12. The quantitative estimate of drug-likeness (QED) is 0.133. The van der Waals surface area contributed by atoms with Crippen LogP contribution in [0.25, 0.3) is 27.4 Å². The molecule has 0 fully saturated rings. The minimum absolute atomic E-state index is 0.134. The second-order valence-corrected chi connectivity index (χ2v) is 11.3. The van der Waals surface area contributed by atoms with Crippen LogP contribution in [0, 0.1) is 17.5 Å². The highest BCUT2D eigenvalue weighted by molar-refractivity contribution is 6.34. The fraction of sp³-hybridized carbons (Fsp3) is 0.147. The largest absolute Gasteiger partial charge is 0.359 e. The maximum atomic E-state index is 15.0. The number of nitrogens with one attached hydrogen (secondary N) is 1. The first-order valence-corrected chi connectivity index (χ1v) is 14.9. The molecule has 0 aliphatic carbocycles. The van der Waals surface area contributed by atoms with Crippen molar-refractivity contribution >= 4 is 44.9 Å². The summed E-state index contributed by atoms with van der Waals surface area (Å²) in [6, 6.07) is 8.10. The van der Waals surface area contributed by atoms with Crippen LogP contribution in [-0.4, -0.2) is 28.9 Å². The number of benzene rings is 3. The molecule has 0 bridgehead atoms. The van der Waals surface area contributed by atoms with Gasteiger partial charge in [0, 0.05) is 47.2 Å². The molecule has 3 aromatic heterocycles. The van der Waals surface area contributed by atoms with Gasteiger partial charge in [0.15, 0.2) is 11.6 Å². The molecule has 238 valence electrons. The Balaban J connectivity index is 1.62. The fourth-order valence-electron chi connectivity index (χ4n) is 5.65. The van der Waals surface area contributed by atoms with E-state index in [2.05, 4.69) is 33.5 Å². The Morgan fingerprint density at radius 3 is 2.55 bits per heavy atom. The van der Waals surface area contributed by atoms with Crippen molar-refractivity contribution in [3.8, 4) is 5.69 Å². The summed E-state index contributed by atoms with van der Waals surface area (Å²) in [7, 11) is 1.76. The average Bonchev–Trinajstić information content (AvgIpc) is 3.41. The molecule has 47 heavy (non-hydrogen) atoms. The van der Waals surface area contributed by atoms with E-state index in [9.17, 15) is 18.4 Å². The van der Waals surface area contributed by atoms with Crippen LogP contribution in [0.2, 0.25) is 5.02 Å². The first-order chi connectivity index (χ1) is 22.6. The van der Waals surface area contributed by atoms with Gasteiger partial charge in [-0.25, -0.2) is 27.3 Å². The van der Waals surface area contributed by atoms with E-state index in [1.165, 1.54) is 6.20 Å². The summed E-state index contributed by atoms with van der Waals surface area (Å²) in [5.74, 6) is -4.10. The molecule has 6 rings (SSSR count). The molecule has 1 N–H and O–H groups in total. The lowest BCUT2D eigenvalue weighted by molar-refractivity contribution is 0.487. The van der Waals surface area contributed by atoms with Crippen molar-refractivity contribution in [3.63, 3.8) is 0 Å². The van der Waals surface area contributed by atoms with E-state index in [-0.39, 0.29) is 22.2 Å². The molecule has 0 amide bonds. The van der Waals surface area contributed by atoms with Gasteiger partial charge < -0.3 is 5.32 Å². The van der Waals surface area contributed by atoms with E-state index in [4.69, 9.17) is 11.6 Å². The zero-order chi connectivity index (χ0) is 33.4. The van der Waals surface area contributed by atoms with Crippen molar-refractivity contribution in [2.75, 3.05) is 5.32 Å². The Morgan fingerprint density at radius 1 is 1.00 bits per heavy atom. The van der Waals surface area contributed by atoms with Crippen LogP contribution in [-0.2, 0) is 26.4 Å². The molecule has 0 saturated carbocycles. The van der Waals surface area contributed by atoms with Gasteiger partial charge in [-0.05, 0) is 42.5 Å². The normalized spacial score (nSPS) is 11.3. The van der Waals surface area contributed by atoms with Gasteiger partial charge in [-0.2, -0.15) is 10.1 Å². The Kier molecular flexibility index (Phi) is 8.52. The summed E-state index contributed by atoms with van der Waals surface area (Å²) >= 11 is 6.74.